The van der Waals surface area contributed by atoms with Crippen molar-refractivity contribution in [2.24, 2.45) is 5.92 Å². The molecule has 254 valence electrons. The summed E-state index contributed by atoms with van der Waals surface area (Å²) in [6, 6.07) is 43.0. The van der Waals surface area contributed by atoms with E-state index >= 15 is 0 Å². The minimum Gasteiger partial charge on any atom is -0.395 e. The van der Waals surface area contributed by atoms with Crippen molar-refractivity contribution in [2.75, 3.05) is 0 Å². The molecule has 5 aromatic carbocycles. The fourth-order valence-electron chi connectivity index (χ4n) is 5.94. The molecule has 0 bridgehead atoms. The Labute approximate surface area is 288 Å². The van der Waals surface area contributed by atoms with E-state index in [0.717, 1.165) is 18.4 Å². The van der Waals surface area contributed by atoms with Gasteiger partial charge in [0, 0.05) is 0 Å². The molecule has 6 rings (SSSR count). The quantitative estimate of drug-likeness (QED) is 0.106. The summed E-state index contributed by atoms with van der Waals surface area (Å²) in [5, 5.41) is 0. The molecular formula is C39H40O8P2. The zero-order chi connectivity index (χ0) is 34.2. The van der Waals surface area contributed by atoms with Gasteiger partial charge in [-0.1, -0.05) is 98.8 Å². The molecule has 0 heterocycles. The molecule has 0 atom stereocenters. The highest BCUT2D eigenvalue weighted by molar-refractivity contribution is 7.50. The normalized spacial score (nSPS) is 16.7. The summed E-state index contributed by atoms with van der Waals surface area (Å²) < 4.78 is 63.1. The van der Waals surface area contributed by atoms with Gasteiger partial charge >= 0.3 is 15.6 Å². The first-order valence-corrected chi connectivity index (χ1v) is 19.3. The molecule has 10 heteroatoms. The second-order valence-electron chi connectivity index (χ2n) is 12.4. The lowest BCUT2D eigenvalue weighted by Crippen LogP contribution is -2.34. The van der Waals surface area contributed by atoms with Gasteiger partial charge in [0.15, 0.2) is 0 Å². The van der Waals surface area contributed by atoms with Gasteiger partial charge in [-0.3, -0.25) is 4.52 Å². The Hall–Kier alpha value is -4.48. The summed E-state index contributed by atoms with van der Waals surface area (Å²) in [6.07, 6.45) is 2.83. The molecule has 1 saturated carbocycles. The minimum absolute atomic E-state index is 0.195. The van der Waals surface area contributed by atoms with Crippen molar-refractivity contribution in [1.29, 1.82) is 0 Å². The van der Waals surface area contributed by atoms with Crippen molar-refractivity contribution in [2.45, 2.75) is 51.0 Å². The van der Waals surface area contributed by atoms with Gasteiger partial charge in [-0.05, 0) is 103 Å². The van der Waals surface area contributed by atoms with Crippen LogP contribution in [-0.4, -0.2) is 6.10 Å². The first-order valence-electron chi connectivity index (χ1n) is 16.4. The van der Waals surface area contributed by atoms with Crippen molar-refractivity contribution >= 4 is 15.6 Å². The number of phosphoric acid groups is 2. The third-order valence-electron chi connectivity index (χ3n) is 8.63. The molecule has 8 nitrogen and oxygen atoms in total. The first-order chi connectivity index (χ1) is 23.7. The van der Waals surface area contributed by atoms with Crippen LogP contribution in [0.2, 0.25) is 0 Å². The van der Waals surface area contributed by atoms with Crippen LogP contribution in [0.1, 0.15) is 45.1 Å². The summed E-state index contributed by atoms with van der Waals surface area (Å²) in [5.41, 5.74) is 0.913. The summed E-state index contributed by atoms with van der Waals surface area (Å²) in [6.45, 7) is 4.44. The van der Waals surface area contributed by atoms with Crippen LogP contribution in [-0.2, 0) is 19.1 Å². The SMILES string of the molecule is CC(C)(c1ccc(OP(=O)(Oc2ccccc2)Oc2ccccc2)cc1)C1CCC(OP(=O)(Oc2ccccc2)Oc2ccccc2)CC1. The van der Waals surface area contributed by atoms with E-state index in [0.29, 0.717) is 47.5 Å². The van der Waals surface area contributed by atoms with Crippen molar-refractivity contribution < 1.29 is 36.3 Å². The Morgan fingerprint density at radius 1 is 0.449 bits per heavy atom. The average molecular weight is 699 g/mol. The number of para-hydroxylation sites is 4. The van der Waals surface area contributed by atoms with E-state index in [1.54, 1.807) is 84.9 Å². The molecule has 0 aromatic heterocycles. The van der Waals surface area contributed by atoms with Crippen molar-refractivity contribution in [3.05, 3.63) is 151 Å². The van der Waals surface area contributed by atoms with E-state index < -0.39 is 15.6 Å². The Kier molecular flexibility index (Phi) is 10.8. The van der Waals surface area contributed by atoms with Crippen molar-refractivity contribution in [1.82, 2.24) is 0 Å². The Balaban J connectivity index is 1.10. The van der Waals surface area contributed by atoms with E-state index in [2.05, 4.69) is 13.8 Å². The lowest BCUT2D eigenvalue weighted by molar-refractivity contribution is 0.0805. The highest BCUT2D eigenvalue weighted by Crippen LogP contribution is 2.54. The molecule has 0 unspecified atom stereocenters. The van der Waals surface area contributed by atoms with Gasteiger partial charge in [-0.15, -0.1) is 0 Å². The molecule has 1 aliphatic carbocycles. The molecule has 1 aliphatic rings. The van der Waals surface area contributed by atoms with Crippen LogP contribution in [0, 0.1) is 5.92 Å². The van der Waals surface area contributed by atoms with Crippen LogP contribution in [0.5, 0.6) is 28.7 Å². The van der Waals surface area contributed by atoms with E-state index in [-0.39, 0.29) is 11.5 Å². The van der Waals surface area contributed by atoms with Crippen molar-refractivity contribution in [3.8, 4) is 28.7 Å². The molecule has 1 fully saturated rings. The van der Waals surface area contributed by atoms with Crippen molar-refractivity contribution in [3.63, 3.8) is 0 Å². The van der Waals surface area contributed by atoms with Crippen LogP contribution in [0.25, 0.3) is 0 Å². The molecule has 5 aromatic rings. The van der Waals surface area contributed by atoms with E-state index in [9.17, 15) is 9.13 Å². The fourth-order valence-corrected chi connectivity index (χ4v) is 8.65. The van der Waals surface area contributed by atoms with Crippen LogP contribution >= 0.6 is 15.6 Å². The summed E-state index contributed by atoms with van der Waals surface area (Å²) in [4.78, 5) is 0. The van der Waals surface area contributed by atoms with Gasteiger partial charge in [-0.25, -0.2) is 4.57 Å². The maximum atomic E-state index is 13.9. The minimum atomic E-state index is -4.09. The molecule has 49 heavy (non-hydrogen) atoms. The zero-order valence-corrected chi connectivity index (χ0v) is 29.3. The molecular weight excluding hydrogens is 658 g/mol. The van der Waals surface area contributed by atoms with E-state index in [4.69, 9.17) is 27.1 Å². The molecule has 0 saturated heterocycles. The predicted molar refractivity (Wildman–Crippen MR) is 190 cm³/mol. The predicted octanol–water partition coefficient (Wildman–Crippen LogP) is 11.5. The average Bonchev–Trinajstić information content (AvgIpc) is 3.10. The number of rotatable bonds is 14. The van der Waals surface area contributed by atoms with Crippen LogP contribution in [0.4, 0.5) is 0 Å². The smallest absolute Gasteiger partial charge is 0.395 e. The second-order valence-corrected chi connectivity index (χ2v) is 15.3. The highest BCUT2D eigenvalue weighted by Gasteiger charge is 2.40. The van der Waals surface area contributed by atoms with Gasteiger partial charge in [0.1, 0.15) is 28.7 Å². The third kappa shape index (κ3) is 9.36. The van der Waals surface area contributed by atoms with Crippen LogP contribution < -0.4 is 22.6 Å². The van der Waals surface area contributed by atoms with E-state index in [1.165, 1.54) is 0 Å². The summed E-state index contributed by atoms with van der Waals surface area (Å²) in [7, 11) is -8.07. The maximum Gasteiger partial charge on any atom is 0.647 e. The number of phosphoric ester groups is 2. The lowest BCUT2D eigenvalue weighted by Gasteiger charge is -2.40. The number of hydrogen-bond acceptors (Lipinski definition) is 8. The van der Waals surface area contributed by atoms with E-state index in [1.807, 2.05) is 60.7 Å². The highest BCUT2D eigenvalue weighted by atomic mass is 31.2. The fraction of sp³-hybridized carbons (Fsp3) is 0.231. The molecule has 0 radical (unpaired) electrons. The van der Waals surface area contributed by atoms with Crippen LogP contribution in [0.3, 0.4) is 0 Å². The molecule has 0 aliphatic heterocycles. The van der Waals surface area contributed by atoms with Gasteiger partial charge in [0.05, 0.1) is 6.10 Å². The lowest BCUT2D eigenvalue weighted by atomic mass is 9.67. The van der Waals surface area contributed by atoms with Gasteiger partial charge in [0.2, 0.25) is 0 Å². The standard InChI is InChI=1S/C39H40O8P2/c1-39(2,31-23-27-37(28-24-31)46-48(40,42-33-15-7-3-8-16-33)43-34-17-9-4-10-18-34)32-25-29-38(30-26-32)47-49(41,44-35-19-11-5-12-20-35)45-36-21-13-6-14-22-36/h3-24,27-28,32,38H,25-26,29-30H2,1-2H3. The van der Waals surface area contributed by atoms with Gasteiger partial charge in [-0.2, -0.15) is 4.57 Å². The Morgan fingerprint density at radius 2 is 0.776 bits per heavy atom. The number of hydrogen-bond donors (Lipinski definition) is 0. The Bertz CT molecular complexity index is 1750. The zero-order valence-electron chi connectivity index (χ0n) is 27.5. The monoisotopic (exact) mass is 698 g/mol. The topological polar surface area (TPSA) is 89.5 Å². The Morgan fingerprint density at radius 3 is 1.14 bits per heavy atom. The third-order valence-corrected chi connectivity index (χ3v) is 11.4. The second kappa shape index (κ2) is 15.4. The van der Waals surface area contributed by atoms with Gasteiger partial charge < -0.3 is 22.6 Å². The summed E-state index contributed by atoms with van der Waals surface area (Å²) in [5.74, 6) is 2.26. The van der Waals surface area contributed by atoms with Gasteiger partial charge in [0.25, 0.3) is 0 Å². The first kappa shape index (κ1) is 34.4. The number of benzene rings is 5. The largest absolute Gasteiger partial charge is 0.647 e. The molecule has 0 spiro atoms. The molecule has 0 amide bonds. The molecule has 0 N–H and O–H groups in total. The van der Waals surface area contributed by atoms with Crippen LogP contribution in [0.15, 0.2) is 146 Å². The summed E-state index contributed by atoms with van der Waals surface area (Å²) >= 11 is 0. The maximum absolute atomic E-state index is 13.9.